The highest BCUT2D eigenvalue weighted by Gasteiger charge is 2.12. The van der Waals surface area contributed by atoms with Crippen LogP contribution in [0.15, 0.2) is 85.3 Å². The van der Waals surface area contributed by atoms with Gasteiger partial charge in [-0.25, -0.2) is 9.97 Å². The van der Waals surface area contributed by atoms with Crippen molar-refractivity contribution in [2.75, 3.05) is 11.9 Å². The number of aromatic nitrogens is 3. The molecule has 0 bridgehead atoms. The molecule has 0 amide bonds. The van der Waals surface area contributed by atoms with Crippen molar-refractivity contribution in [2.24, 2.45) is 5.73 Å². The SMILES string of the molecule is Cc1cccc(-c2cnc(NCCC(N)c3ccccc3)nc2-c2ccncc2)c1.Cl. The molecule has 2 aromatic heterocycles. The van der Waals surface area contributed by atoms with Gasteiger partial charge in [0.1, 0.15) is 0 Å². The van der Waals surface area contributed by atoms with E-state index in [4.69, 9.17) is 10.7 Å². The summed E-state index contributed by atoms with van der Waals surface area (Å²) in [5.74, 6) is 0.596. The van der Waals surface area contributed by atoms with Gasteiger partial charge in [-0.15, -0.1) is 12.4 Å². The number of rotatable bonds is 7. The van der Waals surface area contributed by atoms with Gasteiger partial charge in [0.15, 0.2) is 0 Å². The maximum atomic E-state index is 6.31. The summed E-state index contributed by atoms with van der Waals surface area (Å²) in [4.78, 5) is 13.5. The van der Waals surface area contributed by atoms with Gasteiger partial charge in [-0.2, -0.15) is 0 Å². The monoisotopic (exact) mass is 431 g/mol. The predicted octanol–water partition coefficient (Wildman–Crippen LogP) is 5.44. The maximum Gasteiger partial charge on any atom is 0.223 e. The number of benzene rings is 2. The lowest BCUT2D eigenvalue weighted by molar-refractivity contribution is 0.673. The third-order valence-corrected chi connectivity index (χ3v) is 5.04. The summed E-state index contributed by atoms with van der Waals surface area (Å²) in [5, 5.41) is 3.33. The summed E-state index contributed by atoms with van der Waals surface area (Å²) in [6, 6.07) is 22.4. The number of nitrogens with zero attached hydrogens (tertiary/aromatic N) is 3. The molecule has 0 saturated carbocycles. The number of hydrogen-bond donors (Lipinski definition) is 2. The van der Waals surface area contributed by atoms with Gasteiger partial charge >= 0.3 is 0 Å². The molecule has 5 nitrogen and oxygen atoms in total. The first kappa shape index (κ1) is 22.4. The van der Waals surface area contributed by atoms with E-state index in [1.807, 2.05) is 36.5 Å². The van der Waals surface area contributed by atoms with Gasteiger partial charge < -0.3 is 11.1 Å². The maximum absolute atomic E-state index is 6.31. The molecule has 3 N–H and O–H groups in total. The summed E-state index contributed by atoms with van der Waals surface area (Å²) in [5.41, 5.74) is 12.6. The molecule has 0 aliphatic heterocycles. The Hall–Kier alpha value is -3.28. The normalized spacial score (nSPS) is 11.4. The molecule has 2 heterocycles. The molecule has 158 valence electrons. The van der Waals surface area contributed by atoms with E-state index in [1.165, 1.54) is 5.56 Å². The second-order valence-corrected chi connectivity index (χ2v) is 7.29. The molecule has 1 atom stereocenters. The average Bonchev–Trinajstić information content (AvgIpc) is 2.80. The molecule has 1 unspecified atom stereocenters. The predicted molar refractivity (Wildman–Crippen MR) is 129 cm³/mol. The fourth-order valence-corrected chi connectivity index (χ4v) is 3.43. The lowest BCUT2D eigenvalue weighted by Crippen LogP contribution is -2.16. The first-order valence-electron chi connectivity index (χ1n) is 10.1. The largest absolute Gasteiger partial charge is 0.354 e. The van der Waals surface area contributed by atoms with E-state index in [0.717, 1.165) is 34.4 Å². The fourth-order valence-electron chi connectivity index (χ4n) is 3.43. The molecular formula is C25H26ClN5. The van der Waals surface area contributed by atoms with Gasteiger partial charge in [-0.1, -0.05) is 60.2 Å². The van der Waals surface area contributed by atoms with E-state index in [0.29, 0.717) is 12.5 Å². The smallest absolute Gasteiger partial charge is 0.223 e. The van der Waals surface area contributed by atoms with Gasteiger partial charge in [0.05, 0.1) is 5.69 Å². The highest BCUT2D eigenvalue weighted by Crippen LogP contribution is 2.31. The molecule has 6 heteroatoms. The van der Waals surface area contributed by atoms with Crippen molar-refractivity contribution < 1.29 is 0 Å². The lowest BCUT2D eigenvalue weighted by atomic mass is 10.00. The number of anilines is 1. The van der Waals surface area contributed by atoms with Crippen LogP contribution in [0.3, 0.4) is 0 Å². The molecule has 4 rings (SSSR count). The molecule has 0 radical (unpaired) electrons. The van der Waals surface area contributed by atoms with Gasteiger partial charge in [-0.05, 0) is 36.6 Å². The van der Waals surface area contributed by atoms with Crippen LogP contribution in [0, 0.1) is 6.92 Å². The second kappa shape index (κ2) is 10.7. The van der Waals surface area contributed by atoms with Crippen LogP contribution in [-0.4, -0.2) is 21.5 Å². The Kier molecular flexibility index (Phi) is 7.70. The van der Waals surface area contributed by atoms with Crippen LogP contribution < -0.4 is 11.1 Å². The summed E-state index contributed by atoms with van der Waals surface area (Å²) < 4.78 is 0. The third kappa shape index (κ3) is 5.66. The van der Waals surface area contributed by atoms with E-state index in [9.17, 15) is 0 Å². The van der Waals surface area contributed by atoms with E-state index in [-0.39, 0.29) is 18.4 Å². The van der Waals surface area contributed by atoms with E-state index in [1.54, 1.807) is 12.4 Å². The van der Waals surface area contributed by atoms with Gasteiger partial charge in [-0.3, -0.25) is 4.98 Å². The standard InChI is InChI=1S/C25H25N5.ClH/c1-18-6-5-9-21(16-18)22-17-29-25(30-24(22)20-10-13-27-14-11-20)28-15-12-23(26)19-7-3-2-4-8-19;/h2-11,13-14,16-17,23H,12,15,26H2,1H3,(H,28,29,30);1H. The van der Waals surface area contributed by atoms with Crippen LogP contribution >= 0.6 is 12.4 Å². The van der Waals surface area contributed by atoms with Crippen molar-refractivity contribution >= 4 is 18.4 Å². The van der Waals surface area contributed by atoms with Crippen molar-refractivity contribution in [3.63, 3.8) is 0 Å². The lowest BCUT2D eigenvalue weighted by Gasteiger charge is -2.14. The molecule has 0 aliphatic rings. The first-order chi connectivity index (χ1) is 14.7. The zero-order chi connectivity index (χ0) is 20.8. The fraction of sp³-hybridized carbons (Fsp3) is 0.160. The molecule has 0 saturated heterocycles. The zero-order valence-corrected chi connectivity index (χ0v) is 18.2. The van der Waals surface area contributed by atoms with Crippen molar-refractivity contribution in [2.45, 2.75) is 19.4 Å². The Balaban J connectivity index is 0.00000272. The van der Waals surface area contributed by atoms with E-state index < -0.39 is 0 Å². The molecule has 0 spiro atoms. The molecule has 0 aliphatic carbocycles. The molecule has 31 heavy (non-hydrogen) atoms. The van der Waals surface area contributed by atoms with Crippen LogP contribution in [0.4, 0.5) is 5.95 Å². The minimum absolute atomic E-state index is 0. The molecule has 4 aromatic rings. The number of aryl methyl sites for hydroxylation is 1. The summed E-state index contributed by atoms with van der Waals surface area (Å²) in [7, 11) is 0. The summed E-state index contributed by atoms with van der Waals surface area (Å²) in [6.07, 6.45) is 6.24. The Morgan fingerprint density at radius 1 is 0.935 bits per heavy atom. The molecule has 2 aromatic carbocycles. The van der Waals surface area contributed by atoms with E-state index >= 15 is 0 Å². The first-order valence-corrected chi connectivity index (χ1v) is 10.1. The number of pyridine rings is 1. The Labute approximate surface area is 189 Å². The average molecular weight is 432 g/mol. The number of nitrogens with one attached hydrogen (secondary N) is 1. The van der Waals surface area contributed by atoms with Crippen LogP contribution in [-0.2, 0) is 0 Å². The van der Waals surface area contributed by atoms with Crippen LogP contribution in [0.1, 0.15) is 23.6 Å². The van der Waals surface area contributed by atoms with Crippen LogP contribution in [0.25, 0.3) is 22.4 Å². The number of nitrogens with two attached hydrogens (primary N) is 1. The Bertz CT molecular complexity index is 1100. The van der Waals surface area contributed by atoms with Crippen molar-refractivity contribution in [1.29, 1.82) is 0 Å². The van der Waals surface area contributed by atoms with Crippen LogP contribution in [0.5, 0.6) is 0 Å². The minimum atomic E-state index is -0.0232. The minimum Gasteiger partial charge on any atom is -0.354 e. The Morgan fingerprint density at radius 2 is 1.71 bits per heavy atom. The second-order valence-electron chi connectivity index (χ2n) is 7.29. The topological polar surface area (TPSA) is 76.7 Å². The highest BCUT2D eigenvalue weighted by molar-refractivity contribution is 5.85. The van der Waals surface area contributed by atoms with Gasteiger partial charge in [0, 0.05) is 42.3 Å². The number of hydrogen-bond acceptors (Lipinski definition) is 5. The zero-order valence-electron chi connectivity index (χ0n) is 17.4. The summed E-state index contributed by atoms with van der Waals surface area (Å²) in [6.45, 7) is 2.78. The molecule has 0 fully saturated rings. The van der Waals surface area contributed by atoms with Crippen molar-refractivity contribution in [3.8, 4) is 22.4 Å². The van der Waals surface area contributed by atoms with Crippen LogP contribution in [0.2, 0.25) is 0 Å². The third-order valence-electron chi connectivity index (χ3n) is 5.04. The molecular weight excluding hydrogens is 406 g/mol. The Morgan fingerprint density at radius 3 is 2.45 bits per heavy atom. The van der Waals surface area contributed by atoms with Crippen molar-refractivity contribution in [1.82, 2.24) is 15.0 Å². The van der Waals surface area contributed by atoms with Crippen molar-refractivity contribution in [3.05, 3.63) is 96.4 Å². The summed E-state index contributed by atoms with van der Waals surface area (Å²) >= 11 is 0. The highest BCUT2D eigenvalue weighted by atomic mass is 35.5. The van der Waals surface area contributed by atoms with Gasteiger partial charge in [0.25, 0.3) is 0 Å². The quantitative estimate of drug-likeness (QED) is 0.407. The van der Waals surface area contributed by atoms with Gasteiger partial charge in [0.2, 0.25) is 5.95 Å². The van der Waals surface area contributed by atoms with E-state index in [2.05, 4.69) is 58.6 Å². The number of halogens is 1.